The molecule has 12 heteroatoms. The standard InChI is InChI=1S/C32H33ClN4O6S/c1-20-7-6-12-27(20)34-31(39)35-28-14-13-26(33)30(29(28)38)44(41,42)37-17-15-36(16-18-37)32(40)43-19-25-23-10-4-2-8-21(23)22-9-3-5-11-24(22)25/h2-5,7-11,13-14,25,27,38H,6,12,15-19H2,1H3,(H2,34,35,39). The lowest BCUT2D eigenvalue weighted by Crippen LogP contribution is -2.50. The second-order valence-electron chi connectivity index (χ2n) is 11.1. The fraction of sp³-hybridized carbons (Fsp3) is 0.312. The third-order valence-electron chi connectivity index (χ3n) is 8.54. The number of rotatable bonds is 6. The molecule has 0 saturated carbocycles. The number of piperazine rings is 1. The summed E-state index contributed by atoms with van der Waals surface area (Å²) in [4.78, 5) is 26.6. The number of amides is 3. The molecule has 230 valence electrons. The number of urea groups is 1. The maximum atomic E-state index is 13.6. The SMILES string of the molecule is CC1=CCCC1NC(=O)Nc1ccc(Cl)c(S(=O)(=O)N2CCN(C(=O)OCC3c4ccccc4-c4ccccc43)CC2)c1O. The number of hydrogen-bond acceptors (Lipinski definition) is 6. The highest BCUT2D eigenvalue weighted by Gasteiger charge is 2.36. The van der Waals surface area contributed by atoms with Crippen LogP contribution in [0.2, 0.25) is 5.02 Å². The molecule has 6 rings (SSSR count). The Hall–Kier alpha value is -4.06. The van der Waals surface area contributed by atoms with E-state index in [1.165, 1.54) is 17.0 Å². The van der Waals surface area contributed by atoms with Crippen LogP contribution in [0, 0.1) is 0 Å². The van der Waals surface area contributed by atoms with Gasteiger partial charge in [-0.1, -0.05) is 71.8 Å². The van der Waals surface area contributed by atoms with Crippen molar-refractivity contribution < 1.29 is 27.9 Å². The van der Waals surface area contributed by atoms with Crippen molar-refractivity contribution in [2.75, 3.05) is 38.1 Å². The van der Waals surface area contributed by atoms with Crippen LogP contribution in [-0.2, 0) is 14.8 Å². The average molecular weight is 637 g/mol. The summed E-state index contributed by atoms with van der Waals surface area (Å²) in [6.07, 6.45) is 3.16. The van der Waals surface area contributed by atoms with Crippen molar-refractivity contribution >= 4 is 39.4 Å². The number of hydrogen-bond donors (Lipinski definition) is 3. The molecular formula is C32H33ClN4O6S. The first-order valence-corrected chi connectivity index (χ1v) is 16.3. The van der Waals surface area contributed by atoms with Gasteiger partial charge < -0.3 is 25.4 Å². The Kier molecular flexibility index (Phi) is 8.28. The third kappa shape index (κ3) is 5.62. The fourth-order valence-corrected chi connectivity index (χ4v) is 8.18. The van der Waals surface area contributed by atoms with Crippen LogP contribution in [-0.4, -0.2) is 73.7 Å². The monoisotopic (exact) mass is 636 g/mol. The summed E-state index contributed by atoms with van der Waals surface area (Å²) in [5.41, 5.74) is 5.43. The number of aromatic hydroxyl groups is 1. The summed E-state index contributed by atoms with van der Waals surface area (Å²) < 4.78 is 34.1. The zero-order chi connectivity index (χ0) is 31.0. The van der Waals surface area contributed by atoms with Gasteiger partial charge in [0.15, 0.2) is 5.75 Å². The zero-order valence-electron chi connectivity index (χ0n) is 24.1. The molecule has 44 heavy (non-hydrogen) atoms. The van der Waals surface area contributed by atoms with Gasteiger partial charge in [-0.15, -0.1) is 0 Å². The van der Waals surface area contributed by atoms with Gasteiger partial charge in [-0.25, -0.2) is 18.0 Å². The van der Waals surface area contributed by atoms with Gasteiger partial charge in [0.1, 0.15) is 11.5 Å². The maximum Gasteiger partial charge on any atom is 0.409 e. The summed E-state index contributed by atoms with van der Waals surface area (Å²) >= 11 is 6.27. The molecule has 1 fully saturated rings. The van der Waals surface area contributed by atoms with Crippen LogP contribution in [0.5, 0.6) is 5.75 Å². The number of halogens is 1. The van der Waals surface area contributed by atoms with Crippen molar-refractivity contribution in [3.05, 3.63) is 88.5 Å². The Balaban J connectivity index is 1.09. The van der Waals surface area contributed by atoms with Crippen molar-refractivity contribution in [2.45, 2.75) is 36.6 Å². The summed E-state index contributed by atoms with van der Waals surface area (Å²) in [5, 5.41) is 16.1. The molecule has 3 N–H and O–H groups in total. The summed E-state index contributed by atoms with van der Waals surface area (Å²) in [7, 11) is -4.26. The van der Waals surface area contributed by atoms with Crippen LogP contribution < -0.4 is 10.6 Å². The average Bonchev–Trinajstić information content (AvgIpc) is 3.57. The lowest BCUT2D eigenvalue weighted by molar-refractivity contribution is 0.0870. The van der Waals surface area contributed by atoms with Gasteiger partial charge in [0.05, 0.1) is 16.8 Å². The van der Waals surface area contributed by atoms with Crippen molar-refractivity contribution in [3.63, 3.8) is 0 Å². The highest BCUT2D eigenvalue weighted by molar-refractivity contribution is 7.89. The van der Waals surface area contributed by atoms with E-state index in [4.69, 9.17) is 16.3 Å². The van der Waals surface area contributed by atoms with E-state index >= 15 is 0 Å². The molecule has 0 radical (unpaired) electrons. The van der Waals surface area contributed by atoms with Gasteiger partial charge in [0, 0.05) is 32.1 Å². The van der Waals surface area contributed by atoms with E-state index in [2.05, 4.69) is 22.8 Å². The third-order valence-corrected chi connectivity index (χ3v) is 10.9. The van der Waals surface area contributed by atoms with Gasteiger partial charge in [0.25, 0.3) is 0 Å². The van der Waals surface area contributed by atoms with E-state index in [9.17, 15) is 23.1 Å². The smallest absolute Gasteiger partial charge is 0.409 e. The van der Waals surface area contributed by atoms with E-state index in [0.29, 0.717) is 0 Å². The molecule has 3 aliphatic rings. The first-order valence-electron chi connectivity index (χ1n) is 14.5. The van der Waals surface area contributed by atoms with E-state index < -0.39 is 32.8 Å². The topological polar surface area (TPSA) is 128 Å². The highest BCUT2D eigenvalue weighted by Crippen LogP contribution is 2.44. The number of anilines is 1. The predicted octanol–water partition coefficient (Wildman–Crippen LogP) is 5.53. The van der Waals surface area contributed by atoms with E-state index in [-0.39, 0.29) is 55.5 Å². The predicted molar refractivity (Wildman–Crippen MR) is 167 cm³/mol. The number of phenolic OH excluding ortho intramolecular Hbond substituents is 1. The second kappa shape index (κ2) is 12.1. The normalized spacial score (nSPS) is 18.4. The van der Waals surface area contributed by atoms with Gasteiger partial charge in [-0.05, 0) is 54.2 Å². The molecule has 3 aromatic rings. The van der Waals surface area contributed by atoms with E-state index in [0.717, 1.165) is 45.0 Å². The summed E-state index contributed by atoms with van der Waals surface area (Å²) in [6, 6.07) is 18.1. The Morgan fingerprint density at radius 3 is 2.23 bits per heavy atom. The molecule has 1 aliphatic heterocycles. The number of fused-ring (bicyclic) bond motifs is 3. The molecule has 0 spiro atoms. The Morgan fingerprint density at radius 2 is 1.61 bits per heavy atom. The molecule has 0 bridgehead atoms. The van der Waals surface area contributed by atoms with Gasteiger partial charge in [-0.2, -0.15) is 4.31 Å². The van der Waals surface area contributed by atoms with Crippen LogP contribution in [0.25, 0.3) is 11.1 Å². The molecule has 2 aliphatic carbocycles. The minimum absolute atomic E-state index is 0.0201. The minimum Gasteiger partial charge on any atom is -0.504 e. The number of ether oxygens (including phenoxy) is 1. The number of nitrogens with one attached hydrogen (secondary N) is 2. The lowest BCUT2D eigenvalue weighted by atomic mass is 9.98. The zero-order valence-corrected chi connectivity index (χ0v) is 25.7. The molecule has 3 aromatic carbocycles. The van der Waals surface area contributed by atoms with Gasteiger partial charge >= 0.3 is 12.1 Å². The fourth-order valence-electron chi connectivity index (χ4n) is 6.17. The number of carbonyl (C=O) groups is 2. The number of phenols is 1. The van der Waals surface area contributed by atoms with Crippen LogP contribution in [0.4, 0.5) is 15.3 Å². The summed E-state index contributed by atoms with van der Waals surface area (Å²) in [5.74, 6) is -0.731. The molecule has 1 saturated heterocycles. The number of nitrogens with zero attached hydrogens (tertiary/aromatic N) is 2. The Morgan fingerprint density at radius 1 is 0.977 bits per heavy atom. The first-order chi connectivity index (χ1) is 21.1. The van der Waals surface area contributed by atoms with E-state index in [1.54, 1.807) is 0 Å². The molecule has 1 heterocycles. The largest absolute Gasteiger partial charge is 0.504 e. The highest BCUT2D eigenvalue weighted by atomic mass is 35.5. The Labute approximate surface area is 261 Å². The first kappa shape index (κ1) is 30.0. The number of allylic oxidation sites excluding steroid dienone is 1. The number of sulfonamides is 1. The molecule has 1 atom stereocenters. The summed E-state index contributed by atoms with van der Waals surface area (Å²) in [6.45, 7) is 2.25. The van der Waals surface area contributed by atoms with Crippen molar-refractivity contribution in [1.82, 2.24) is 14.5 Å². The molecule has 3 amide bonds. The van der Waals surface area contributed by atoms with Crippen molar-refractivity contribution in [3.8, 4) is 16.9 Å². The van der Waals surface area contributed by atoms with Crippen molar-refractivity contribution in [1.29, 1.82) is 0 Å². The van der Waals surface area contributed by atoms with Crippen LogP contribution in [0.1, 0.15) is 36.8 Å². The van der Waals surface area contributed by atoms with Crippen LogP contribution in [0.3, 0.4) is 0 Å². The van der Waals surface area contributed by atoms with Gasteiger partial charge in [0.2, 0.25) is 10.0 Å². The van der Waals surface area contributed by atoms with Crippen molar-refractivity contribution in [2.24, 2.45) is 0 Å². The quantitative estimate of drug-likeness (QED) is 0.241. The maximum absolute atomic E-state index is 13.6. The molecule has 0 aromatic heterocycles. The second-order valence-corrected chi connectivity index (χ2v) is 13.4. The number of carbonyl (C=O) groups excluding carboxylic acids is 2. The number of benzene rings is 3. The van der Waals surface area contributed by atoms with Crippen LogP contribution >= 0.6 is 11.6 Å². The Bertz CT molecular complexity index is 1710. The van der Waals surface area contributed by atoms with E-state index in [1.807, 2.05) is 49.4 Å². The minimum atomic E-state index is -4.26. The lowest BCUT2D eigenvalue weighted by Gasteiger charge is -2.34. The van der Waals surface area contributed by atoms with Crippen LogP contribution in [0.15, 0.2) is 77.2 Å². The molecular weight excluding hydrogens is 604 g/mol. The van der Waals surface area contributed by atoms with Gasteiger partial charge in [-0.3, -0.25) is 0 Å². The molecule has 1 unspecified atom stereocenters. The molecule has 10 nitrogen and oxygen atoms in total.